The smallest absolute Gasteiger partial charge is 0.339 e. The van der Waals surface area contributed by atoms with E-state index in [2.05, 4.69) is 4.98 Å². The molecule has 1 amide bonds. The lowest BCUT2D eigenvalue weighted by molar-refractivity contribution is -0.140. The molecule has 1 fully saturated rings. The van der Waals surface area contributed by atoms with Crippen molar-refractivity contribution in [2.45, 2.75) is 45.2 Å². The fraction of sp³-hybridized carbons (Fsp3) is 0.320. The third-order valence-corrected chi connectivity index (χ3v) is 5.88. The number of likely N-dealkylation sites (tertiary alicyclic amines) is 1. The first kappa shape index (κ1) is 21.0. The van der Waals surface area contributed by atoms with Gasteiger partial charge in [-0.25, -0.2) is 14.2 Å². The molecule has 0 N–H and O–H groups in total. The van der Waals surface area contributed by atoms with Gasteiger partial charge in [-0.05, 0) is 69.5 Å². The van der Waals surface area contributed by atoms with E-state index < -0.39 is 5.97 Å². The van der Waals surface area contributed by atoms with Crippen molar-refractivity contribution < 1.29 is 18.7 Å². The predicted molar refractivity (Wildman–Crippen MR) is 117 cm³/mol. The van der Waals surface area contributed by atoms with Gasteiger partial charge in [0.25, 0.3) is 5.91 Å². The number of hydrogen-bond acceptors (Lipinski definition) is 4. The summed E-state index contributed by atoms with van der Waals surface area (Å²) in [4.78, 5) is 32.1. The van der Waals surface area contributed by atoms with Crippen LogP contribution in [0.4, 0.5) is 4.39 Å². The minimum absolute atomic E-state index is 0.141. The van der Waals surface area contributed by atoms with E-state index in [1.165, 1.54) is 12.1 Å². The summed E-state index contributed by atoms with van der Waals surface area (Å²) in [6, 6.07) is 15.1. The van der Waals surface area contributed by atoms with E-state index in [0.29, 0.717) is 27.7 Å². The Labute approximate surface area is 180 Å². The molecule has 6 heteroatoms. The van der Waals surface area contributed by atoms with Crippen molar-refractivity contribution >= 4 is 22.8 Å². The Balaban J connectivity index is 1.59. The number of benzene rings is 2. The van der Waals surface area contributed by atoms with Crippen molar-refractivity contribution in [1.29, 1.82) is 0 Å². The third-order valence-electron chi connectivity index (χ3n) is 5.88. The molecule has 2 atom stereocenters. The Kier molecular flexibility index (Phi) is 5.98. The number of halogens is 1. The summed E-state index contributed by atoms with van der Waals surface area (Å²) in [5, 5.41) is 0.644. The van der Waals surface area contributed by atoms with E-state index >= 15 is 0 Å². The van der Waals surface area contributed by atoms with Gasteiger partial charge in [0.1, 0.15) is 5.82 Å². The molecule has 1 aromatic heterocycles. The number of carbonyl (C=O) groups excluding carboxylic acids is 2. The van der Waals surface area contributed by atoms with Crippen LogP contribution in [0.2, 0.25) is 0 Å². The second-order valence-electron chi connectivity index (χ2n) is 8.09. The minimum Gasteiger partial charge on any atom is -0.452 e. The van der Waals surface area contributed by atoms with Crippen LogP contribution in [0.1, 0.15) is 43.5 Å². The maximum Gasteiger partial charge on any atom is 0.339 e. The van der Waals surface area contributed by atoms with Gasteiger partial charge in [-0.15, -0.1) is 0 Å². The van der Waals surface area contributed by atoms with Gasteiger partial charge in [0.05, 0.1) is 16.8 Å². The number of piperidine rings is 1. The minimum atomic E-state index is -0.576. The lowest BCUT2D eigenvalue weighted by Gasteiger charge is -2.38. The van der Waals surface area contributed by atoms with Gasteiger partial charge in [0.2, 0.25) is 0 Å². The molecular weight excluding hydrogens is 395 g/mol. The number of amides is 1. The summed E-state index contributed by atoms with van der Waals surface area (Å²) in [6.07, 6.45) is 3.02. The fourth-order valence-corrected chi connectivity index (χ4v) is 4.31. The highest BCUT2D eigenvalue weighted by molar-refractivity contribution is 6.05. The molecule has 0 spiro atoms. The number of rotatable bonds is 4. The van der Waals surface area contributed by atoms with Gasteiger partial charge in [-0.3, -0.25) is 4.79 Å². The Morgan fingerprint density at radius 1 is 1.06 bits per heavy atom. The normalized spacial score (nSPS) is 18.7. The summed E-state index contributed by atoms with van der Waals surface area (Å²) < 4.78 is 18.8. The predicted octanol–water partition coefficient (Wildman–Crippen LogP) is 4.99. The lowest BCUT2D eigenvalue weighted by atomic mass is 9.97. The van der Waals surface area contributed by atoms with Crippen LogP contribution in [0.25, 0.3) is 22.2 Å². The van der Waals surface area contributed by atoms with E-state index in [-0.39, 0.29) is 30.4 Å². The number of esters is 1. The molecule has 0 bridgehead atoms. The highest BCUT2D eigenvalue weighted by Gasteiger charge is 2.29. The summed E-state index contributed by atoms with van der Waals surface area (Å²) in [5.41, 5.74) is 2.18. The van der Waals surface area contributed by atoms with Gasteiger partial charge in [0.15, 0.2) is 6.61 Å². The standard InChI is InChI=1S/C25H25FN2O3/c1-16-6-5-7-17(2)28(16)24(29)15-31-25(30)21-14-23(18-10-12-19(26)13-11-18)27-22-9-4-3-8-20(21)22/h3-4,8-14,16-17H,5-7,15H2,1-2H3/t16-,17-/m1/s1. The Morgan fingerprint density at radius 3 is 2.45 bits per heavy atom. The molecule has 1 aliphatic heterocycles. The second-order valence-corrected chi connectivity index (χ2v) is 8.09. The molecule has 0 radical (unpaired) electrons. The van der Waals surface area contributed by atoms with E-state index in [9.17, 15) is 14.0 Å². The van der Waals surface area contributed by atoms with Crippen LogP contribution in [0.3, 0.4) is 0 Å². The van der Waals surface area contributed by atoms with Crippen molar-refractivity contribution in [2.75, 3.05) is 6.61 Å². The van der Waals surface area contributed by atoms with Crippen LogP contribution in [-0.2, 0) is 9.53 Å². The molecule has 2 aromatic carbocycles. The number of hydrogen-bond donors (Lipinski definition) is 0. The summed E-state index contributed by atoms with van der Waals surface area (Å²) in [7, 11) is 0. The molecule has 5 nitrogen and oxygen atoms in total. The number of ether oxygens (including phenoxy) is 1. The van der Waals surface area contributed by atoms with E-state index in [1.807, 2.05) is 30.9 Å². The number of pyridine rings is 1. The van der Waals surface area contributed by atoms with Crippen molar-refractivity contribution in [3.63, 3.8) is 0 Å². The lowest BCUT2D eigenvalue weighted by Crippen LogP contribution is -2.49. The van der Waals surface area contributed by atoms with Crippen LogP contribution in [-0.4, -0.2) is 40.5 Å². The third kappa shape index (κ3) is 4.43. The zero-order valence-electron chi connectivity index (χ0n) is 17.7. The van der Waals surface area contributed by atoms with Gasteiger partial charge in [0, 0.05) is 23.0 Å². The van der Waals surface area contributed by atoms with Crippen molar-refractivity contribution in [2.24, 2.45) is 0 Å². The van der Waals surface area contributed by atoms with E-state index in [4.69, 9.17) is 4.74 Å². The number of fused-ring (bicyclic) bond motifs is 1. The quantitative estimate of drug-likeness (QED) is 0.558. The van der Waals surface area contributed by atoms with Gasteiger partial charge >= 0.3 is 5.97 Å². The molecule has 0 unspecified atom stereocenters. The van der Waals surface area contributed by atoms with E-state index in [1.54, 1.807) is 30.3 Å². The van der Waals surface area contributed by atoms with Crippen molar-refractivity contribution in [3.05, 3.63) is 66.0 Å². The topological polar surface area (TPSA) is 59.5 Å². The first-order chi connectivity index (χ1) is 14.9. The molecule has 1 saturated heterocycles. The monoisotopic (exact) mass is 420 g/mol. The largest absolute Gasteiger partial charge is 0.452 e. The first-order valence-corrected chi connectivity index (χ1v) is 10.6. The van der Waals surface area contributed by atoms with Crippen molar-refractivity contribution in [1.82, 2.24) is 9.88 Å². The molecule has 0 saturated carbocycles. The van der Waals surface area contributed by atoms with Crippen LogP contribution < -0.4 is 0 Å². The summed E-state index contributed by atoms with van der Waals surface area (Å²) in [5.74, 6) is -1.10. The zero-order valence-corrected chi connectivity index (χ0v) is 17.7. The van der Waals surface area contributed by atoms with E-state index in [0.717, 1.165) is 19.3 Å². The average Bonchev–Trinajstić information content (AvgIpc) is 2.77. The number of carbonyl (C=O) groups is 2. The SMILES string of the molecule is C[C@@H]1CCC[C@@H](C)N1C(=O)COC(=O)c1cc(-c2ccc(F)cc2)nc2ccccc12. The molecule has 31 heavy (non-hydrogen) atoms. The summed E-state index contributed by atoms with van der Waals surface area (Å²) >= 11 is 0. The second kappa shape index (κ2) is 8.84. The van der Waals surface area contributed by atoms with Crippen LogP contribution in [0, 0.1) is 5.82 Å². The molecule has 1 aliphatic rings. The maximum absolute atomic E-state index is 13.3. The van der Waals surface area contributed by atoms with Gasteiger partial charge < -0.3 is 9.64 Å². The Hall–Kier alpha value is -3.28. The van der Waals surface area contributed by atoms with Crippen molar-refractivity contribution in [3.8, 4) is 11.3 Å². The first-order valence-electron chi connectivity index (χ1n) is 10.6. The number of para-hydroxylation sites is 1. The van der Waals surface area contributed by atoms with Crippen LogP contribution in [0.5, 0.6) is 0 Å². The summed E-state index contributed by atoms with van der Waals surface area (Å²) in [6.45, 7) is 3.76. The Bertz CT molecular complexity index is 1100. The molecule has 4 rings (SSSR count). The zero-order chi connectivity index (χ0) is 22.0. The number of aromatic nitrogens is 1. The fourth-order valence-electron chi connectivity index (χ4n) is 4.31. The molecule has 0 aliphatic carbocycles. The average molecular weight is 420 g/mol. The Morgan fingerprint density at radius 2 is 1.74 bits per heavy atom. The molecular formula is C25H25FN2O3. The number of nitrogens with zero attached hydrogens (tertiary/aromatic N) is 2. The van der Waals surface area contributed by atoms with Crippen LogP contribution >= 0.6 is 0 Å². The highest BCUT2D eigenvalue weighted by Crippen LogP contribution is 2.26. The van der Waals surface area contributed by atoms with Gasteiger partial charge in [-0.1, -0.05) is 18.2 Å². The van der Waals surface area contributed by atoms with Gasteiger partial charge in [-0.2, -0.15) is 0 Å². The molecule has 2 heterocycles. The maximum atomic E-state index is 13.3. The molecule has 3 aromatic rings. The molecule has 160 valence electrons. The highest BCUT2D eigenvalue weighted by atomic mass is 19.1. The van der Waals surface area contributed by atoms with Crippen LogP contribution in [0.15, 0.2) is 54.6 Å².